The Morgan fingerprint density at radius 3 is 2.59 bits per heavy atom. The third kappa shape index (κ3) is 1.75. The average Bonchev–Trinajstić information content (AvgIpc) is 3.51. The third-order valence-corrected chi connectivity index (χ3v) is 10.6. The average molecular weight is 447 g/mol. The number of epoxide rings is 1. The summed E-state index contributed by atoms with van der Waals surface area (Å²) in [4.78, 5) is 14.1. The highest BCUT2D eigenvalue weighted by Gasteiger charge is 2.92. The number of carbonyl (C=O) groups is 1. The van der Waals surface area contributed by atoms with Gasteiger partial charge in [0.1, 0.15) is 17.6 Å². The highest BCUT2D eigenvalue weighted by atomic mass is 16.8. The van der Waals surface area contributed by atoms with E-state index in [2.05, 4.69) is 20.4 Å². The molecule has 0 aromatic rings. The maximum absolute atomic E-state index is 14.1. The van der Waals surface area contributed by atoms with Crippen molar-refractivity contribution in [1.82, 2.24) is 0 Å². The van der Waals surface area contributed by atoms with Crippen molar-refractivity contribution in [2.45, 2.75) is 95.5 Å². The molecule has 7 heteroatoms. The zero-order valence-corrected chi connectivity index (χ0v) is 19.3. The highest BCUT2D eigenvalue weighted by Crippen LogP contribution is 2.81. The second-order valence-electron chi connectivity index (χ2n) is 12.2. The summed E-state index contributed by atoms with van der Waals surface area (Å²) in [6.45, 7) is 12.4. The Balaban J connectivity index is 1.52. The van der Waals surface area contributed by atoms with Gasteiger partial charge in [-0.15, -0.1) is 0 Å². The van der Waals surface area contributed by atoms with Gasteiger partial charge >= 0.3 is 0 Å². The van der Waals surface area contributed by atoms with Crippen molar-refractivity contribution in [3.63, 3.8) is 0 Å². The van der Waals surface area contributed by atoms with Crippen LogP contribution in [-0.4, -0.2) is 64.7 Å². The van der Waals surface area contributed by atoms with E-state index in [1.54, 1.807) is 0 Å². The minimum Gasteiger partial charge on any atom is -0.390 e. The lowest BCUT2D eigenvalue weighted by Crippen LogP contribution is -2.88. The molecule has 7 nitrogen and oxygen atoms in total. The molecule has 8 aliphatic rings. The maximum atomic E-state index is 14.1. The van der Waals surface area contributed by atoms with Crippen LogP contribution in [-0.2, 0) is 23.7 Å². The van der Waals surface area contributed by atoms with Crippen LogP contribution in [0.1, 0.15) is 53.4 Å². The van der Waals surface area contributed by atoms with Crippen LogP contribution in [0.25, 0.3) is 0 Å². The third-order valence-electron chi connectivity index (χ3n) is 10.6. The first kappa shape index (κ1) is 20.5. The van der Waals surface area contributed by atoms with Crippen molar-refractivity contribution in [3.05, 3.63) is 12.2 Å². The Labute approximate surface area is 188 Å². The van der Waals surface area contributed by atoms with Crippen LogP contribution in [0.3, 0.4) is 0 Å². The fourth-order valence-corrected chi connectivity index (χ4v) is 9.89. The van der Waals surface area contributed by atoms with E-state index >= 15 is 0 Å². The van der Waals surface area contributed by atoms with Gasteiger partial charge in [0.2, 0.25) is 5.79 Å². The fourth-order valence-electron chi connectivity index (χ4n) is 9.89. The molecule has 4 saturated heterocycles. The first-order chi connectivity index (χ1) is 15.0. The molecule has 176 valence electrons. The van der Waals surface area contributed by atoms with E-state index in [1.807, 2.05) is 13.8 Å². The molecule has 4 aliphatic carbocycles. The van der Waals surface area contributed by atoms with Crippen LogP contribution in [0.2, 0.25) is 0 Å². The summed E-state index contributed by atoms with van der Waals surface area (Å²) in [7, 11) is 0. The lowest BCUT2D eigenvalue weighted by atomic mass is 9.35. The normalized spacial score (nSPS) is 62.9. The Bertz CT molecular complexity index is 947. The van der Waals surface area contributed by atoms with Gasteiger partial charge in [-0.1, -0.05) is 26.8 Å². The number of aliphatic hydroxyl groups is 2. The summed E-state index contributed by atoms with van der Waals surface area (Å²) in [5, 5.41) is 23.6. The van der Waals surface area contributed by atoms with Crippen molar-refractivity contribution in [2.75, 3.05) is 6.61 Å². The molecule has 4 saturated carbocycles. The van der Waals surface area contributed by atoms with Gasteiger partial charge in [0.25, 0.3) is 0 Å². The second kappa shape index (κ2) is 5.52. The molecular formula is C25H34O7. The fraction of sp³-hybridized carbons (Fsp3) is 0.880. The minimum atomic E-state index is -1.51. The van der Waals surface area contributed by atoms with E-state index in [0.717, 1.165) is 25.7 Å². The summed E-state index contributed by atoms with van der Waals surface area (Å²) >= 11 is 0. The van der Waals surface area contributed by atoms with Crippen LogP contribution in [0.4, 0.5) is 0 Å². The zero-order chi connectivity index (χ0) is 22.6. The molecule has 8 fully saturated rings. The lowest BCUT2D eigenvalue weighted by molar-refractivity contribution is -0.531. The number of fused-ring (bicyclic) bond motifs is 2. The zero-order valence-electron chi connectivity index (χ0n) is 19.3. The number of rotatable bonds is 2. The lowest BCUT2D eigenvalue weighted by Gasteiger charge is -2.77. The van der Waals surface area contributed by atoms with Crippen molar-refractivity contribution in [1.29, 1.82) is 0 Å². The summed E-state index contributed by atoms with van der Waals surface area (Å²) in [6, 6.07) is 0. The Kier molecular flexibility index (Phi) is 3.54. The van der Waals surface area contributed by atoms with Crippen LogP contribution >= 0.6 is 0 Å². The topological polar surface area (TPSA) is 97.8 Å². The number of ketones is 1. The Hall–Kier alpha value is -0.830. The molecule has 32 heavy (non-hydrogen) atoms. The molecule has 1 unspecified atom stereocenters. The first-order valence-corrected chi connectivity index (χ1v) is 12.3. The number of Topliss-reactive ketones (excluding diaryl/α,β-unsaturated/α-hetero) is 1. The SMILES string of the molecule is C=C1C(=O)[C@@]23[C@@H]4OC(C)(C)OC25OC[C@]2([C@@H]6O[C@@H]6[C@H](O)[C@@](C)(CCC)[C@H]2[C@@H]5O)[C@@H]3CC[C@@H]14. The van der Waals surface area contributed by atoms with Gasteiger partial charge in [0.05, 0.1) is 24.9 Å². The van der Waals surface area contributed by atoms with Crippen molar-refractivity contribution < 1.29 is 34.0 Å². The number of aliphatic hydroxyl groups excluding tert-OH is 2. The molecule has 0 radical (unpaired) electrons. The molecular weight excluding hydrogens is 412 g/mol. The van der Waals surface area contributed by atoms with Gasteiger partial charge in [-0.3, -0.25) is 4.79 Å². The molecule has 12 atom stereocenters. The number of ether oxygens (including phenoxy) is 4. The van der Waals surface area contributed by atoms with E-state index in [1.165, 1.54) is 0 Å². The minimum absolute atomic E-state index is 0.0670. The van der Waals surface area contributed by atoms with Gasteiger partial charge in [0.15, 0.2) is 11.6 Å². The molecule has 8 rings (SSSR count). The summed E-state index contributed by atoms with van der Waals surface area (Å²) in [5.41, 5.74) is -1.68. The van der Waals surface area contributed by atoms with E-state index in [-0.39, 0.29) is 35.7 Å². The van der Waals surface area contributed by atoms with Crippen molar-refractivity contribution in [3.8, 4) is 0 Å². The van der Waals surface area contributed by atoms with Gasteiger partial charge in [-0.2, -0.15) is 0 Å². The largest absolute Gasteiger partial charge is 0.390 e. The Morgan fingerprint density at radius 1 is 1.12 bits per heavy atom. The molecule has 0 amide bonds. The van der Waals surface area contributed by atoms with E-state index in [9.17, 15) is 15.0 Å². The van der Waals surface area contributed by atoms with Gasteiger partial charge in [0, 0.05) is 22.7 Å². The maximum Gasteiger partial charge on any atom is 0.213 e. The molecule has 4 heterocycles. The molecule has 3 spiro atoms. The molecule has 2 N–H and O–H groups in total. The van der Waals surface area contributed by atoms with Gasteiger partial charge < -0.3 is 29.2 Å². The monoisotopic (exact) mass is 446 g/mol. The van der Waals surface area contributed by atoms with Crippen LogP contribution in [0.15, 0.2) is 12.2 Å². The summed E-state index contributed by atoms with van der Waals surface area (Å²) < 4.78 is 25.8. The number of hydrogen-bond acceptors (Lipinski definition) is 7. The van der Waals surface area contributed by atoms with E-state index < -0.39 is 46.1 Å². The van der Waals surface area contributed by atoms with Crippen LogP contribution in [0.5, 0.6) is 0 Å². The Morgan fingerprint density at radius 2 is 1.88 bits per heavy atom. The summed E-state index contributed by atoms with van der Waals surface area (Å²) in [6.07, 6.45) is 0.588. The van der Waals surface area contributed by atoms with Crippen LogP contribution < -0.4 is 0 Å². The number of hydrogen-bond donors (Lipinski definition) is 2. The standard InChI is InChI=1S/C25H34O7/c1-6-9-22(5)15-18(28)25-24-13(23(15,10-29-25)20-14(30-20)17(22)27)8-7-12(11(2)16(24)26)19(24)31-21(3,4)32-25/h12-15,17-20,27-28H,2,6-10H2,1,3-5H3/t12-,13-,14+,15+,17-,18-,19+,20+,22-,23-,24-,25?/m0/s1. The molecule has 4 aliphatic heterocycles. The quantitative estimate of drug-likeness (QED) is 0.494. The smallest absolute Gasteiger partial charge is 0.213 e. The molecule has 0 aromatic carbocycles. The number of carbonyl (C=O) groups excluding carboxylic acids is 1. The predicted octanol–water partition coefficient (Wildman–Crippen LogP) is 1.94. The van der Waals surface area contributed by atoms with Crippen molar-refractivity contribution >= 4 is 5.78 Å². The first-order valence-electron chi connectivity index (χ1n) is 12.3. The molecule has 0 aromatic heterocycles. The van der Waals surface area contributed by atoms with Gasteiger partial charge in [-0.05, 0) is 44.6 Å². The highest BCUT2D eigenvalue weighted by molar-refractivity contribution is 6.05. The van der Waals surface area contributed by atoms with E-state index in [4.69, 9.17) is 18.9 Å². The predicted molar refractivity (Wildman–Crippen MR) is 111 cm³/mol. The van der Waals surface area contributed by atoms with Crippen molar-refractivity contribution in [2.24, 2.45) is 34.0 Å². The second-order valence-corrected chi connectivity index (χ2v) is 12.2. The van der Waals surface area contributed by atoms with Crippen LogP contribution in [0, 0.1) is 34.0 Å². The molecule has 4 bridgehead atoms. The summed E-state index contributed by atoms with van der Waals surface area (Å²) in [5.74, 6) is -3.10. The van der Waals surface area contributed by atoms with E-state index in [0.29, 0.717) is 12.2 Å². The van der Waals surface area contributed by atoms with Gasteiger partial charge in [-0.25, -0.2) is 0 Å².